The fourth-order valence-corrected chi connectivity index (χ4v) is 5.59. The van der Waals surface area contributed by atoms with E-state index in [-0.39, 0.29) is 13.0 Å². The Morgan fingerprint density at radius 1 is 0.911 bits per heavy atom. The smallest absolute Gasteiger partial charge is 0.330 e. The van der Waals surface area contributed by atoms with Crippen LogP contribution < -0.4 is 21.9 Å². The Balaban J connectivity index is 1.29. The lowest BCUT2D eigenvalue weighted by Gasteiger charge is -2.39. The maximum atomic E-state index is 13.5. The SMILES string of the molecule is O=C(C[C@H]1O[C@H](CO)[C@H](O)[C@H](O)[C@H]1O)N[C@@H](Cc1c[nH]c2ccccc12)C(=O)NC[C@H]1O[C@@H](n2ccc(=O)[nH]c2=O)[C@H](O)[C@@H]1O. The molecular formula is C28H35N5O12. The number of aromatic amines is 2. The average molecular weight is 634 g/mol. The molecule has 0 aliphatic carbocycles. The topological polar surface area (TPSA) is 269 Å². The van der Waals surface area contributed by atoms with Crippen LogP contribution in [-0.4, -0.2) is 125 Å². The largest absolute Gasteiger partial charge is 0.394 e. The highest BCUT2D eigenvalue weighted by atomic mass is 16.6. The number of H-pyrrole nitrogens is 2. The normalized spacial score (nSPS) is 30.7. The van der Waals surface area contributed by atoms with Crippen molar-refractivity contribution in [2.24, 2.45) is 0 Å². The Morgan fingerprint density at radius 2 is 1.62 bits per heavy atom. The van der Waals surface area contributed by atoms with Gasteiger partial charge in [0.2, 0.25) is 11.8 Å². The Morgan fingerprint density at radius 3 is 2.36 bits per heavy atom. The summed E-state index contributed by atoms with van der Waals surface area (Å²) in [7, 11) is 0. The molecule has 244 valence electrons. The number of rotatable bonds is 10. The number of para-hydroxylation sites is 1. The summed E-state index contributed by atoms with van der Waals surface area (Å²) in [5.41, 5.74) is -0.0597. The molecule has 17 heteroatoms. The zero-order valence-corrected chi connectivity index (χ0v) is 23.7. The highest BCUT2D eigenvalue weighted by molar-refractivity contribution is 5.89. The molecule has 0 unspecified atom stereocenters. The summed E-state index contributed by atoms with van der Waals surface area (Å²) < 4.78 is 12.0. The summed E-state index contributed by atoms with van der Waals surface area (Å²) >= 11 is 0. The number of ether oxygens (including phenoxy) is 2. The number of nitrogens with zero attached hydrogens (tertiary/aromatic N) is 1. The summed E-state index contributed by atoms with van der Waals surface area (Å²) in [5.74, 6) is -1.44. The van der Waals surface area contributed by atoms with Crippen molar-refractivity contribution in [2.45, 2.75) is 73.9 Å². The van der Waals surface area contributed by atoms with Crippen molar-refractivity contribution in [1.29, 1.82) is 0 Å². The number of carbonyl (C=O) groups excluding carboxylic acids is 2. The standard InChI is InChI=1S/C28H35N5O12/c34-11-18-23(39)24(40)21(37)16(44-18)8-20(36)31-15(7-12-9-29-14-4-2-1-3-13(12)14)26(42)30-10-17-22(38)25(41)27(45-17)33-6-5-19(35)32-28(33)43/h1-6,9,15-18,21-25,27,29,34,37-41H,7-8,10-11H2,(H,30,42)(H,31,36)(H,32,35,43)/t15-,16+,17+,18+,21-,22+,23-,24+,25+,27+/m0/s1. The van der Waals surface area contributed by atoms with Crippen molar-refractivity contribution in [3.8, 4) is 0 Å². The van der Waals surface area contributed by atoms with E-state index < -0.39 is 97.2 Å². The van der Waals surface area contributed by atoms with Crippen molar-refractivity contribution in [1.82, 2.24) is 25.2 Å². The van der Waals surface area contributed by atoms with E-state index in [0.717, 1.165) is 27.7 Å². The van der Waals surface area contributed by atoms with Gasteiger partial charge in [0.15, 0.2) is 6.23 Å². The van der Waals surface area contributed by atoms with Gasteiger partial charge in [-0.15, -0.1) is 0 Å². The molecule has 2 saturated heterocycles. The Labute approximate surface area is 254 Å². The molecule has 2 aromatic heterocycles. The molecule has 10 N–H and O–H groups in total. The maximum Gasteiger partial charge on any atom is 0.330 e. The highest BCUT2D eigenvalue weighted by Gasteiger charge is 2.45. The van der Waals surface area contributed by atoms with Gasteiger partial charge in [-0.3, -0.25) is 23.9 Å². The molecule has 0 bridgehead atoms. The van der Waals surface area contributed by atoms with Gasteiger partial charge in [-0.05, 0) is 11.6 Å². The molecule has 17 nitrogen and oxygen atoms in total. The van der Waals surface area contributed by atoms with Crippen LogP contribution in [0, 0.1) is 0 Å². The van der Waals surface area contributed by atoms with Crippen molar-refractivity contribution >= 4 is 22.7 Å². The minimum atomic E-state index is -1.68. The molecule has 1 aromatic carbocycles. The number of benzene rings is 1. The third kappa shape index (κ3) is 6.85. The van der Waals surface area contributed by atoms with Crippen molar-refractivity contribution in [3.05, 3.63) is 69.1 Å². The molecule has 2 aliphatic rings. The number of carbonyl (C=O) groups is 2. The van der Waals surface area contributed by atoms with Gasteiger partial charge in [0.05, 0.1) is 19.1 Å². The third-order valence-electron chi connectivity index (χ3n) is 8.07. The fourth-order valence-electron chi connectivity index (χ4n) is 5.59. The van der Waals surface area contributed by atoms with E-state index in [4.69, 9.17) is 9.47 Å². The molecule has 5 rings (SSSR count). The van der Waals surface area contributed by atoms with Crippen LogP contribution in [0.4, 0.5) is 0 Å². The Bertz CT molecular complexity index is 1620. The summed E-state index contributed by atoms with van der Waals surface area (Å²) in [6, 6.07) is 7.13. The predicted molar refractivity (Wildman–Crippen MR) is 153 cm³/mol. The van der Waals surface area contributed by atoms with Gasteiger partial charge >= 0.3 is 5.69 Å². The second kappa shape index (κ2) is 13.6. The highest BCUT2D eigenvalue weighted by Crippen LogP contribution is 2.28. The number of hydrogen-bond donors (Lipinski definition) is 10. The van der Waals surface area contributed by atoms with E-state index in [0.29, 0.717) is 5.56 Å². The van der Waals surface area contributed by atoms with Crippen molar-refractivity contribution in [2.75, 3.05) is 13.2 Å². The molecule has 2 fully saturated rings. The number of aliphatic hydroxyl groups is 6. The fraction of sp³-hybridized carbons (Fsp3) is 0.500. The summed E-state index contributed by atoms with van der Waals surface area (Å²) in [6.07, 6.45) is -10.8. The van der Waals surface area contributed by atoms with E-state index in [2.05, 4.69) is 15.6 Å². The van der Waals surface area contributed by atoms with Crippen LogP contribution in [0.3, 0.4) is 0 Å². The molecule has 3 aromatic rings. The zero-order valence-electron chi connectivity index (χ0n) is 23.7. The monoisotopic (exact) mass is 633 g/mol. The molecule has 45 heavy (non-hydrogen) atoms. The number of nitrogens with one attached hydrogen (secondary N) is 4. The Hall–Kier alpha value is -3.94. The number of amides is 2. The van der Waals surface area contributed by atoms with Gasteiger partial charge in [0, 0.05) is 42.3 Å². The van der Waals surface area contributed by atoms with Crippen LogP contribution in [0.25, 0.3) is 10.9 Å². The van der Waals surface area contributed by atoms with E-state index in [9.17, 15) is 49.8 Å². The quantitative estimate of drug-likeness (QED) is 0.102. The van der Waals surface area contributed by atoms with Gasteiger partial charge in [0.25, 0.3) is 5.56 Å². The van der Waals surface area contributed by atoms with Crippen LogP contribution >= 0.6 is 0 Å². The van der Waals surface area contributed by atoms with Gasteiger partial charge in [-0.1, -0.05) is 18.2 Å². The number of fused-ring (bicyclic) bond motifs is 1. The first-order valence-electron chi connectivity index (χ1n) is 14.2. The lowest BCUT2D eigenvalue weighted by molar-refractivity contribution is -0.229. The van der Waals surface area contributed by atoms with Gasteiger partial charge in [-0.2, -0.15) is 0 Å². The van der Waals surface area contributed by atoms with Crippen molar-refractivity contribution in [3.63, 3.8) is 0 Å². The lowest BCUT2D eigenvalue weighted by Crippen LogP contribution is -2.59. The molecule has 4 heterocycles. The molecule has 0 spiro atoms. The average Bonchev–Trinajstić information content (AvgIpc) is 3.55. The maximum absolute atomic E-state index is 13.5. The second-order valence-corrected chi connectivity index (χ2v) is 11.1. The first-order valence-corrected chi connectivity index (χ1v) is 14.2. The summed E-state index contributed by atoms with van der Waals surface area (Å²) in [6.45, 7) is -1.01. The molecular weight excluding hydrogens is 598 g/mol. The first kappa shape index (κ1) is 32.5. The number of aliphatic hydroxyl groups excluding tert-OH is 6. The number of hydrogen-bond acceptors (Lipinski definition) is 12. The second-order valence-electron chi connectivity index (χ2n) is 11.1. The van der Waals surface area contributed by atoms with E-state index in [1.807, 2.05) is 23.2 Å². The van der Waals surface area contributed by atoms with Gasteiger partial charge in [-0.25, -0.2) is 4.79 Å². The van der Waals surface area contributed by atoms with Crippen LogP contribution in [-0.2, 0) is 25.5 Å². The van der Waals surface area contributed by atoms with Crippen LogP contribution in [0.2, 0.25) is 0 Å². The summed E-state index contributed by atoms with van der Waals surface area (Å²) in [5, 5.41) is 66.9. The van der Waals surface area contributed by atoms with Crippen LogP contribution in [0.5, 0.6) is 0 Å². The minimum absolute atomic E-state index is 0.00235. The first-order chi connectivity index (χ1) is 21.5. The van der Waals surface area contributed by atoms with Gasteiger partial charge < -0.3 is 55.7 Å². The van der Waals surface area contributed by atoms with Crippen LogP contribution in [0.15, 0.2) is 52.3 Å². The van der Waals surface area contributed by atoms with Crippen LogP contribution in [0.1, 0.15) is 18.2 Å². The molecule has 2 aliphatic heterocycles. The van der Waals surface area contributed by atoms with Crippen molar-refractivity contribution < 1.29 is 49.7 Å². The van der Waals surface area contributed by atoms with E-state index in [1.54, 1.807) is 12.3 Å². The Kier molecular flexibility index (Phi) is 9.80. The minimum Gasteiger partial charge on any atom is -0.394 e. The molecule has 0 saturated carbocycles. The van der Waals surface area contributed by atoms with Gasteiger partial charge in [0.1, 0.15) is 48.8 Å². The zero-order chi connectivity index (χ0) is 32.4. The summed E-state index contributed by atoms with van der Waals surface area (Å²) in [4.78, 5) is 55.3. The van der Waals surface area contributed by atoms with E-state index >= 15 is 0 Å². The molecule has 0 radical (unpaired) electrons. The number of aromatic nitrogens is 3. The predicted octanol–water partition coefficient (Wildman–Crippen LogP) is -4.29. The van der Waals surface area contributed by atoms with E-state index in [1.165, 1.54) is 0 Å². The molecule has 2 amide bonds. The third-order valence-corrected chi connectivity index (χ3v) is 8.07. The molecule has 10 atom stereocenters. The lowest BCUT2D eigenvalue weighted by atomic mass is 9.93.